The number of ether oxygens (including phenoxy) is 1. The molecule has 0 aliphatic heterocycles. The summed E-state index contributed by atoms with van der Waals surface area (Å²) < 4.78 is 7.00. The lowest BCUT2D eigenvalue weighted by Crippen LogP contribution is -2.26. The van der Waals surface area contributed by atoms with Crippen molar-refractivity contribution >= 4 is 5.91 Å². The summed E-state index contributed by atoms with van der Waals surface area (Å²) in [5.41, 5.74) is 1.91. The molecule has 0 atom stereocenters. The predicted octanol–water partition coefficient (Wildman–Crippen LogP) is 0.783. The number of rotatable bonds is 7. The lowest BCUT2D eigenvalue weighted by atomic mass is 10.2. The second kappa shape index (κ2) is 7.40. The van der Waals surface area contributed by atoms with Crippen molar-refractivity contribution < 1.29 is 9.53 Å². The van der Waals surface area contributed by atoms with Crippen LogP contribution in [0.3, 0.4) is 0 Å². The quantitative estimate of drug-likeness (QED) is 0.810. The first-order valence-electron chi connectivity index (χ1n) is 6.43. The summed E-state index contributed by atoms with van der Waals surface area (Å²) in [5, 5.41) is 2.89. The van der Waals surface area contributed by atoms with Crippen LogP contribution in [0.1, 0.15) is 11.3 Å². The first-order chi connectivity index (χ1) is 9.79. The molecule has 2 heterocycles. The fourth-order valence-corrected chi connectivity index (χ4v) is 1.82. The lowest BCUT2D eigenvalue weighted by Gasteiger charge is -2.09. The van der Waals surface area contributed by atoms with Crippen LogP contribution in [0, 0.1) is 0 Å². The van der Waals surface area contributed by atoms with E-state index in [2.05, 4.69) is 15.3 Å². The van der Waals surface area contributed by atoms with E-state index >= 15 is 0 Å². The SMILES string of the molecule is COCCn1cncc1CNC(=O)Cc1ccncc1. The molecule has 20 heavy (non-hydrogen) atoms. The van der Waals surface area contributed by atoms with Crippen LogP contribution in [-0.2, 0) is 29.0 Å². The van der Waals surface area contributed by atoms with Crippen LogP contribution in [0.25, 0.3) is 0 Å². The van der Waals surface area contributed by atoms with E-state index in [4.69, 9.17) is 4.74 Å². The van der Waals surface area contributed by atoms with Gasteiger partial charge >= 0.3 is 0 Å². The van der Waals surface area contributed by atoms with Gasteiger partial charge in [-0.2, -0.15) is 0 Å². The zero-order chi connectivity index (χ0) is 14.2. The highest BCUT2D eigenvalue weighted by Gasteiger charge is 2.06. The zero-order valence-electron chi connectivity index (χ0n) is 11.5. The molecule has 2 aromatic heterocycles. The Hall–Kier alpha value is -2.21. The molecule has 0 radical (unpaired) electrons. The number of hydrogen-bond acceptors (Lipinski definition) is 4. The van der Waals surface area contributed by atoms with E-state index in [0.29, 0.717) is 19.6 Å². The van der Waals surface area contributed by atoms with Crippen molar-refractivity contribution in [1.29, 1.82) is 0 Å². The Morgan fingerprint density at radius 1 is 1.35 bits per heavy atom. The molecule has 0 saturated carbocycles. The van der Waals surface area contributed by atoms with Gasteiger partial charge < -0.3 is 14.6 Å². The third kappa shape index (κ3) is 4.17. The topological polar surface area (TPSA) is 69.0 Å². The van der Waals surface area contributed by atoms with Crippen LogP contribution in [0.2, 0.25) is 0 Å². The summed E-state index contributed by atoms with van der Waals surface area (Å²) in [7, 11) is 1.66. The highest BCUT2D eigenvalue weighted by molar-refractivity contribution is 5.78. The summed E-state index contributed by atoms with van der Waals surface area (Å²) in [4.78, 5) is 19.9. The maximum Gasteiger partial charge on any atom is 0.224 e. The molecule has 106 valence electrons. The van der Waals surface area contributed by atoms with Crippen LogP contribution < -0.4 is 5.32 Å². The fourth-order valence-electron chi connectivity index (χ4n) is 1.82. The summed E-state index contributed by atoms with van der Waals surface area (Å²) >= 11 is 0. The molecule has 2 aromatic rings. The van der Waals surface area contributed by atoms with Gasteiger partial charge in [-0.3, -0.25) is 9.78 Å². The number of imidazole rings is 1. The molecule has 0 saturated heterocycles. The lowest BCUT2D eigenvalue weighted by molar-refractivity contribution is -0.120. The van der Waals surface area contributed by atoms with E-state index in [1.807, 2.05) is 16.7 Å². The molecule has 0 aliphatic carbocycles. The van der Waals surface area contributed by atoms with E-state index in [9.17, 15) is 4.79 Å². The number of carbonyl (C=O) groups excluding carboxylic acids is 1. The molecule has 6 nitrogen and oxygen atoms in total. The number of nitrogens with zero attached hydrogens (tertiary/aromatic N) is 3. The van der Waals surface area contributed by atoms with Crippen molar-refractivity contribution in [2.45, 2.75) is 19.5 Å². The van der Waals surface area contributed by atoms with E-state index in [0.717, 1.165) is 17.8 Å². The highest BCUT2D eigenvalue weighted by atomic mass is 16.5. The van der Waals surface area contributed by atoms with E-state index in [1.165, 1.54) is 0 Å². The molecular formula is C14H18N4O2. The number of pyridine rings is 1. The average molecular weight is 274 g/mol. The first-order valence-corrected chi connectivity index (χ1v) is 6.43. The number of carbonyl (C=O) groups is 1. The predicted molar refractivity (Wildman–Crippen MR) is 73.9 cm³/mol. The fraction of sp³-hybridized carbons (Fsp3) is 0.357. The summed E-state index contributed by atoms with van der Waals surface area (Å²) in [6.07, 6.45) is 7.21. The zero-order valence-corrected chi connectivity index (χ0v) is 11.5. The van der Waals surface area contributed by atoms with E-state index < -0.39 is 0 Å². The Bertz CT molecular complexity index is 539. The van der Waals surface area contributed by atoms with Gasteiger partial charge in [0.25, 0.3) is 0 Å². The van der Waals surface area contributed by atoms with Crippen molar-refractivity contribution in [2.24, 2.45) is 0 Å². The largest absolute Gasteiger partial charge is 0.383 e. The van der Waals surface area contributed by atoms with Gasteiger partial charge in [-0.15, -0.1) is 0 Å². The second-order valence-electron chi connectivity index (χ2n) is 4.38. The third-order valence-corrected chi connectivity index (χ3v) is 2.92. The van der Waals surface area contributed by atoms with Gasteiger partial charge in [0.2, 0.25) is 5.91 Å². The van der Waals surface area contributed by atoms with Crippen LogP contribution in [0.4, 0.5) is 0 Å². The van der Waals surface area contributed by atoms with E-state index in [1.54, 1.807) is 32.0 Å². The van der Waals surface area contributed by atoms with Gasteiger partial charge in [-0.25, -0.2) is 4.98 Å². The Morgan fingerprint density at radius 3 is 2.90 bits per heavy atom. The summed E-state index contributed by atoms with van der Waals surface area (Å²) in [5.74, 6) is -0.0179. The molecule has 0 fully saturated rings. The first kappa shape index (κ1) is 14.2. The smallest absolute Gasteiger partial charge is 0.224 e. The molecule has 0 bridgehead atoms. The van der Waals surface area contributed by atoms with Crippen molar-refractivity contribution in [3.8, 4) is 0 Å². The molecule has 2 rings (SSSR count). The average Bonchev–Trinajstić information content (AvgIpc) is 2.91. The number of hydrogen-bond donors (Lipinski definition) is 1. The van der Waals surface area contributed by atoms with Crippen molar-refractivity contribution in [3.05, 3.63) is 48.3 Å². The van der Waals surface area contributed by atoms with Crippen molar-refractivity contribution in [1.82, 2.24) is 19.9 Å². The Morgan fingerprint density at radius 2 is 2.15 bits per heavy atom. The number of nitrogens with one attached hydrogen (secondary N) is 1. The number of amides is 1. The van der Waals surface area contributed by atoms with Crippen molar-refractivity contribution in [3.63, 3.8) is 0 Å². The molecule has 1 N–H and O–H groups in total. The van der Waals surface area contributed by atoms with Gasteiger partial charge in [0.1, 0.15) is 0 Å². The van der Waals surface area contributed by atoms with Gasteiger partial charge in [0.05, 0.1) is 31.6 Å². The van der Waals surface area contributed by atoms with Crippen LogP contribution in [0.15, 0.2) is 37.1 Å². The maximum atomic E-state index is 11.8. The van der Waals surface area contributed by atoms with Crippen LogP contribution in [-0.4, -0.2) is 34.2 Å². The molecular weight excluding hydrogens is 256 g/mol. The maximum absolute atomic E-state index is 11.8. The normalized spacial score (nSPS) is 10.4. The molecule has 0 aromatic carbocycles. The van der Waals surface area contributed by atoms with Crippen LogP contribution >= 0.6 is 0 Å². The number of aromatic nitrogens is 3. The Kier molecular flexibility index (Phi) is 5.25. The number of methoxy groups -OCH3 is 1. The van der Waals surface area contributed by atoms with Gasteiger partial charge in [0, 0.05) is 32.2 Å². The van der Waals surface area contributed by atoms with Crippen LogP contribution in [0.5, 0.6) is 0 Å². The molecule has 0 spiro atoms. The highest BCUT2D eigenvalue weighted by Crippen LogP contribution is 2.01. The minimum atomic E-state index is -0.0179. The summed E-state index contributed by atoms with van der Waals surface area (Å²) in [6, 6.07) is 3.67. The molecule has 0 aliphatic rings. The minimum Gasteiger partial charge on any atom is -0.383 e. The summed E-state index contributed by atoms with van der Waals surface area (Å²) in [6.45, 7) is 1.81. The third-order valence-electron chi connectivity index (χ3n) is 2.92. The van der Waals surface area contributed by atoms with Gasteiger partial charge in [0.15, 0.2) is 0 Å². The van der Waals surface area contributed by atoms with E-state index in [-0.39, 0.29) is 5.91 Å². The molecule has 0 unspecified atom stereocenters. The Balaban J connectivity index is 1.83. The molecule has 1 amide bonds. The van der Waals surface area contributed by atoms with Gasteiger partial charge in [-0.1, -0.05) is 0 Å². The van der Waals surface area contributed by atoms with Gasteiger partial charge in [-0.05, 0) is 17.7 Å². The standard InChI is InChI=1S/C14H18N4O2/c1-20-7-6-18-11-16-9-13(18)10-17-14(19)8-12-2-4-15-5-3-12/h2-5,9,11H,6-8,10H2,1H3,(H,17,19). The van der Waals surface area contributed by atoms with Crippen molar-refractivity contribution in [2.75, 3.05) is 13.7 Å². The second-order valence-corrected chi connectivity index (χ2v) is 4.38. The minimum absolute atomic E-state index is 0.0179. The monoisotopic (exact) mass is 274 g/mol. The molecule has 6 heteroatoms. The Labute approximate surface area is 117 Å².